The quantitative estimate of drug-likeness (QED) is 0.904. The number of rotatable bonds is 5. The van der Waals surface area contributed by atoms with Gasteiger partial charge in [-0.2, -0.15) is 0 Å². The number of likely N-dealkylation sites (tertiary alicyclic amines) is 1. The second-order valence-electron chi connectivity index (χ2n) is 4.97. The summed E-state index contributed by atoms with van der Waals surface area (Å²) in [7, 11) is 0. The predicted octanol–water partition coefficient (Wildman–Crippen LogP) is 2.53. The van der Waals surface area contributed by atoms with Crippen molar-refractivity contribution in [2.24, 2.45) is 11.7 Å². The first-order chi connectivity index (χ1) is 9.19. The van der Waals surface area contributed by atoms with Crippen LogP contribution in [0, 0.1) is 11.7 Å². The Morgan fingerprint density at radius 3 is 3.05 bits per heavy atom. The van der Waals surface area contributed by atoms with E-state index in [1.54, 1.807) is 6.07 Å². The molecule has 0 amide bonds. The minimum Gasteiger partial charge on any atom is -0.491 e. The zero-order valence-corrected chi connectivity index (χ0v) is 11.7. The first-order valence-electron chi connectivity index (χ1n) is 6.69. The molecule has 0 bridgehead atoms. The van der Waals surface area contributed by atoms with Gasteiger partial charge in [0.05, 0.1) is 5.02 Å². The lowest BCUT2D eigenvalue weighted by atomic mass is 9.98. The number of nitrogens with two attached hydrogens (primary N) is 1. The fourth-order valence-corrected chi connectivity index (χ4v) is 2.65. The molecule has 1 atom stereocenters. The molecular weight excluding hydrogens is 267 g/mol. The lowest BCUT2D eigenvalue weighted by Gasteiger charge is -2.31. The van der Waals surface area contributed by atoms with E-state index in [0.29, 0.717) is 23.3 Å². The van der Waals surface area contributed by atoms with Crippen molar-refractivity contribution in [1.82, 2.24) is 4.90 Å². The average molecular weight is 287 g/mol. The highest BCUT2D eigenvalue weighted by molar-refractivity contribution is 6.32. The summed E-state index contributed by atoms with van der Waals surface area (Å²) in [5.41, 5.74) is 5.71. The van der Waals surface area contributed by atoms with Crippen LogP contribution in [0.3, 0.4) is 0 Å². The van der Waals surface area contributed by atoms with E-state index in [9.17, 15) is 4.39 Å². The number of halogens is 2. The predicted molar refractivity (Wildman–Crippen MR) is 75.1 cm³/mol. The summed E-state index contributed by atoms with van der Waals surface area (Å²) in [6.07, 6.45) is 2.41. The van der Waals surface area contributed by atoms with Gasteiger partial charge in [-0.05, 0) is 50.0 Å². The molecule has 106 valence electrons. The molecular formula is C14H20ClFN2O. The first-order valence-corrected chi connectivity index (χ1v) is 7.07. The van der Waals surface area contributed by atoms with Gasteiger partial charge in [-0.3, -0.25) is 4.90 Å². The van der Waals surface area contributed by atoms with Crippen molar-refractivity contribution < 1.29 is 9.13 Å². The van der Waals surface area contributed by atoms with Crippen LogP contribution >= 0.6 is 11.6 Å². The fraction of sp³-hybridized carbons (Fsp3) is 0.571. The van der Waals surface area contributed by atoms with Crippen LogP contribution in [0.5, 0.6) is 5.75 Å². The van der Waals surface area contributed by atoms with Gasteiger partial charge in [-0.25, -0.2) is 4.39 Å². The van der Waals surface area contributed by atoms with Gasteiger partial charge >= 0.3 is 0 Å². The van der Waals surface area contributed by atoms with E-state index < -0.39 is 0 Å². The van der Waals surface area contributed by atoms with E-state index in [1.165, 1.54) is 25.0 Å². The van der Waals surface area contributed by atoms with E-state index in [-0.39, 0.29) is 5.82 Å². The summed E-state index contributed by atoms with van der Waals surface area (Å²) in [5, 5.41) is 0.318. The maximum atomic E-state index is 12.9. The average Bonchev–Trinajstić information content (AvgIpc) is 2.41. The Bertz CT molecular complexity index is 416. The van der Waals surface area contributed by atoms with Crippen molar-refractivity contribution in [1.29, 1.82) is 0 Å². The van der Waals surface area contributed by atoms with Crippen LogP contribution in [-0.4, -0.2) is 37.7 Å². The van der Waals surface area contributed by atoms with Gasteiger partial charge in [-0.1, -0.05) is 11.6 Å². The normalized spacial score (nSPS) is 20.5. The number of nitrogens with zero attached hydrogens (tertiary/aromatic N) is 1. The van der Waals surface area contributed by atoms with Crippen LogP contribution in [0.15, 0.2) is 18.2 Å². The number of hydrogen-bond acceptors (Lipinski definition) is 3. The van der Waals surface area contributed by atoms with Gasteiger partial charge in [0.15, 0.2) is 0 Å². The molecule has 1 aliphatic heterocycles. The highest BCUT2D eigenvalue weighted by Gasteiger charge is 2.18. The first kappa shape index (κ1) is 14.6. The largest absolute Gasteiger partial charge is 0.491 e. The molecule has 2 rings (SSSR count). The molecule has 1 saturated heterocycles. The van der Waals surface area contributed by atoms with Gasteiger partial charge in [0.2, 0.25) is 0 Å². The number of hydrogen-bond donors (Lipinski definition) is 1. The third kappa shape index (κ3) is 4.34. The summed E-state index contributed by atoms with van der Waals surface area (Å²) in [4.78, 5) is 2.36. The highest BCUT2D eigenvalue weighted by Crippen LogP contribution is 2.24. The third-order valence-electron chi connectivity index (χ3n) is 3.50. The second-order valence-corrected chi connectivity index (χ2v) is 5.37. The molecule has 1 unspecified atom stereocenters. The second kappa shape index (κ2) is 7.08. The van der Waals surface area contributed by atoms with E-state index >= 15 is 0 Å². The van der Waals surface area contributed by atoms with Gasteiger partial charge in [0.25, 0.3) is 0 Å². The summed E-state index contributed by atoms with van der Waals surface area (Å²) in [6, 6.07) is 4.19. The molecule has 19 heavy (non-hydrogen) atoms. The lowest BCUT2D eigenvalue weighted by Crippen LogP contribution is -2.40. The summed E-state index contributed by atoms with van der Waals surface area (Å²) in [6.45, 7) is 4.29. The van der Waals surface area contributed by atoms with E-state index in [1.807, 2.05) is 0 Å². The Hall–Kier alpha value is -0.840. The summed E-state index contributed by atoms with van der Waals surface area (Å²) < 4.78 is 18.5. The van der Waals surface area contributed by atoms with Crippen LogP contribution in [0.25, 0.3) is 0 Å². The molecule has 1 fully saturated rings. The Morgan fingerprint density at radius 1 is 1.47 bits per heavy atom. The smallest absolute Gasteiger partial charge is 0.138 e. The minimum atomic E-state index is -0.348. The molecule has 2 N–H and O–H groups in total. The molecule has 0 saturated carbocycles. The van der Waals surface area contributed by atoms with Gasteiger partial charge in [-0.15, -0.1) is 0 Å². The zero-order chi connectivity index (χ0) is 13.7. The molecule has 0 aliphatic carbocycles. The molecule has 1 aromatic carbocycles. The van der Waals surface area contributed by atoms with Gasteiger partial charge < -0.3 is 10.5 Å². The monoisotopic (exact) mass is 286 g/mol. The molecule has 5 heteroatoms. The Labute approximate surface area is 118 Å². The fourth-order valence-electron chi connectivity index (χ4n) is 2.42. The van der Waals surface area contributed by atoms with Crippen molar-refractivity contribution in [2.75, 3.05) is 32.8 Å². The maximum Gasteiger partial charge on any atom is 0.138 e. The third-order valence-corrected chi connectivity index (χ3v) is 3.79. The summed E-state index contributed by atoms with van der Waals surface area (Å²) in [5.74, 6) is 0.790. The van der Waals surface area contributed by atoms with Crippen molar-refractivity contribution in [3.63, 3.8) is 0 Å². The molecule has 0 spiro atoms. The van der Waals surface area contributed by atoms with Crippen LogP contribution in [-0.2, 0) is 0 Å². The Kier molecular flexibility index (Phi) is 5.43. The van der Waals surface area contributed by atoms with Crippen molar-refractivity contribution >= 4 is 11.6 Å². The lowest BCUT2D eigenvalue weighted by molar-refractivity contribution is 0.149. The van der Waals surface area contributed by atoms with Crippen molar-refractivity contribution in [3.05, 3.63) is 29.0 Å². The number of piperidine rings is 1. The topological polar surface area (TPSA) is 38.5 Å². The summed E-state index contributed by atoms with van der Waals surface area (Å²) >= 11 is 5.90. The van der Waals surface area contributed by atoms with Gasteiger partial charge in [0, 0.05) is 13.1 Å². The van der Waals surface area contributed by atoms with E-state index in [2.05, 4.69) is 4.90 Å². The maximum absolute atomic E-state index is 12.9. The standard InChI is InChI=1S/C14H20ClFN2O/c15-13-8-12(16)3-4-14(13)19-7-6-18-5-1-2-11(9-17)10-18/h3-4,8,11H,1-2,5-7,9-10,17H2. The molecule has 1 heterocycles. The van der Waals surface area contributed by atoms with Crippen LogP contribution < -0.4 is 10.5 Å². The molecule has 0 aromatic heterocycles. The van der Waals surface area contributed by atoms with Crippen LogP contribution in [0.1, 0.15) is 12.8 Å². The minimum absolute atomic E-state index is 0.318. The molecule has 1 aromatic rings. The SMILES string of the molecule is NCC1CCCN(CCOc2ccc(F)cc2Cl)C1. The molecule has 1 aliphatic rings. The van der Waals surface area contributed by atoms with E-state index in [0.717, 1.165) is 26.2 Å². The highest BCUT2D eigenvalue weighted by atomic mass is 35.5. The van der Waals surface area contributed by atoms with Gasteiger partial charge in [0.1, 0.15) is 18.2 Å². The van der Waals surface area contributed by atoms with Crippen LogP contribution in [0.2, 0.25) is 5.02 Å². The Morgan fingerprint density at radius 2 is 2.32 bits per heavy atom. The van der Waals surface area contributed by atoms with Crippen LogP contribution in [0.4, 0.5) is 4.39 Å². The molecule has 3 nitrogen and oxygen atoms in total. The van der Waals surface area contributed by atoms with E-state index in [4.69, 9.17) is 22.1 Å². The zero-order valence-electron chi connectivity index (χ0n) is 10.9. The molecule has 0 radical (unpaired) electrons. The van der Waals surface area contributed by atoms with Crippen molar-refractivity contribution in [2.45, 2.75) is 12.8 Å². The van der Waals surface area contributed by atoms with Crippen molar-refractivity contribution in [3.8, 4) is 5.75 Å². The Balaban J connectivity index is 1.76. The number of benzene rings is 1. The number of ether oxygens (including phenoxy) is 1.